The summed E-state index contributed by atoms with van der Waals surface area (Å²) in [7, 11) is 0. The molecule has 0 radical (unpaired) electrons. The van der Waals surface area contributed by atoms with E-state index in [9.17, 15) is 18.4 Å². The fraction of sp³-hybridized carbons (Fsp3) is 0.500. The van der Waals surface area contributed by atoms with Gasteiger partial charge in [0, 0.05) is 6.54 Å². The number of halogens is 2. The van der Waals surface area contributed by atoms with E-state index in [2.05, 4.69) is 10.6 Å². The first kappa shape index (κ1) is 15.9. The second-order valence-electron chi connectivity index (χ2n) is 6.04. The van der Waals surface area contributed by atoms with E-state index in [-0.39, 0.29) is 24.7 Å². The van der Waals surface area contributed by atoms with Crippen molar-refractivity contribution in [2.45, 2.75) is 25.3 Å². The molecule has 1 saturated heterocycles. The molecule has 124 valence electrons. The van der Waals surface area contributed by atoms with E-state index in [1.165, 1.54) is 18.9 Å². The van der Waals surface area contributed by atoms with Gasteiger partial charge in [-0.05, 0) is 43.9 Å². The van der Waals surface area contributed by atoms with E-state index in [0.29, 0.717) is 12.3 Å². The van der Waals surface area contributed by atoms with Crippen molar-refractivity contribution in [3.05, 3.63) is 29.8 Å². The highest BCUT2D eigenvalue weighted by Crippen LogP contribution is 2.28. The van der Waals surface area contributed by atoms with E-state index in [1.807, 2.05) is 0 Å². The van der Waals surface area contributed by atoms with E-state index in [0.717, 1.165) is 23.6 Å². The maximum absolute atomic E-state index is 13.8. The van der Waals surface area contributed by atoms with E-state index in [1.54, 1.807) is 0 Å². The molecule has 2 N–H and O–H groups in total. The van der Waals surface area contributed by atoms with Crippen LogP contribution in [0.15, 0.2) is 18.2 Å². The lowest BCUT2D eigenvalue weighted by atomic mass is 10.2. The molecule has 3 rings (SSSR count). The molecule has 1 aliphatic carbocycles. The Kier molecular flexibility index (Phi) is 4.56. The van der Waals surface area contributed by atoms with Crippen LogP contribution in [0, 0.1) is 17.6 Å². The Balaban J connectivity index is 1.56. The maximum atomic E-state index is 13.8. The van der Waals surface area contributed by atoms with Gasteiger partial charge in [0.2, 0.25) is 11.8 Å². The summed E-state index contributed by atoms with van der Waals surface area (Å²) >= 11 is 0. The number of carbonyl (C=O) groups excluding carboxylic acids is 2. The van der Waals surface area contributed by atoms with Gasteiger partial charge in [-0.25, -0.2) is 8.78 Å². The number of nitrogens with zero attached hydrogens (tertiary/aromatic N) is 1. The molecule has 2 amide bonds. The predicted molar refractivity (Wildman–Crippen MR) is 80.9 cm³/mol. The van der Waals surface area contributed by atoms with Crippen LogP contribution < -0.4 is 15.5 Å². The van der Waals surface area contributed by atoms with E-state index < -0.39 is 23.6 Å². The van der Waals surface area contributed by atoms with Crippen LogP contribution in [0.25, 0.3) is 0 Å². The molecule has 1 heterocycles. The Morgan fingerprint density at radius 3 is 2.57 bits per heavy atom. The van der Waals surface area contributed by atoms with Gasteiger partial charge in [-0.2, -0.15) is 0 Å². The van der Waals surface area contributed by atoms with Crippen LogP contribution in [0.1, 0.15) is 19.3 Å². The first-order valence-corrected chi connectivity index (χ1v) is 7.81. The van der Waals surface area contributed by atoms with Crippen molar-refractivity contribution >= 4 is 17.5 Å². The van der Waals surface area contributed by atoms with Crippen LogP contribution in [-0.4, -0.2) is 37.5 Å². The van der Waals surface area contributed by atoms with Gasteiger partial charge >= 0.3 is 0 Å². The molecule has 0 spiro atoms. The van der Waals surface area contributed by atoms with Crippen LogP contribution in [0.4, 0.5) is 14.5 Å². The van der Waals surface area contributed by atoms with Crippen LogP contribution in [0.3, 0.4) is 0 Å². The predicted octanol–water partition coefficient (Wildman–Crippen LogP) is 1.19. The first-order valence-electron chi connectivity index (χ1n) is 7.81. The van der Waals surface area contributed by atoms with Gasteiger partial charge in [-0.1, -0.05) is 6.07 Å². The zero-order chi connectivity index (χ0) is 16.4. The number of hydrogen-bond donors (Lipinski definition) is 2. The number of para-hydroxylation sites is 1. The highest BCUT2D eigenvalue weighted by molar-refractivity contribution is 6.01. The molecule has 23 heavy (non-hydrogen) atoms. The summed E-state index contributed by atoms with van der Waals surface area (Å²) in [6.07, 6.45) is 2.72. The summed E-state index contributed by atoms with van der Waals surface area (Å²) in [5.41, 5.74) is -0.346. The van der Waals surface area contributed by atoms with Gasteiger partial charge in [0.15, 0.2) is 0 Å². The van der Waals surface area contributed by atoms with Gasteiger partial charge in [0.05, 0.1) is 6.54 Å². The minimum absolute atomic E-state index is 0.147. The minimum atomic E-state index is -0.781. The SMILES string of the molecule is O=C(CNCC1CC1)NC1CCN(c2c(F)cccc2F)C1=O. The van der Waals surface area contributed by atoms with Crippen molar-refractivity contribution in [2.24, 2.45) is 5.92 Å². The van der Waals surface area contributed by atoms with Crippen molar-refractivity contribution in [3.63, 3.8) is 0 Å². The Morgan fingerprint density at radius 1 is 1.22 bits per heavy atom. The van der Waals surface area contributed by atoms with E-state index >= 15 is 0 Å². The minimum Gasteiger partial charge on any atom is -0.343 e. The summed E-state index contributed by atoms with van der Waals surface area (Å²) < 4.78 is 27.6. The molecular formula is C16H19F2N3O2. The molecule has 1 aromatic carbocycles. The lowest BCUT2D eigenvalue weighted by Crippen LogP contribution is -2.45. The number of amides is 2. The molecular weight excluding hydrogens is 304 g/mol. The highest BCUT2D eigenvalue weighted by Gasteiger charge is 2.36. The van der Waals surface area contributed by atoms with Gasteiger partial charge in [-0.15, -0.1) is 0 Å². The third-order valence-electron chi connectivity index (χ3n) is 4.16. The summed E-state index contributed by atoms with van der Waals surface area (Å²) in [5, 5.41) is 5.66. The lowest BCUT2D eigenvalue weighted by Gasteiger charge is -2.18. The largest absolute Gasteiger partial charge is 0.343 e. The van der Waals surface area contributed by atoms with Gasteiger partial charge < -0.3 is 15.5 Å². The molecule has 7 heteroatoms. The number of carbonyl (C=O) groups is 2. The smallest absolute Gasteiger partial charge is 0.249 e. The lowest BCUT2D eigenvalue weighted by molar-refractivity contribution is -0.125. The maximum Gasteiger partial charge on any atom is 0.249 e. The molecule has 1 saturated carbocycles. The van der Waals surface area contributed by atoms with Crippen LogP contribution in [0.2, 0.25) is 0 Å². The topological polar surface area (TPSA) is 61.4 Å². The molecule has 5 nitrogen and oxygen atoms in total. The number of rotatable bonds is 6. The Morgan fingerprint density at radius 2 is 1.91 bits per heavy atom. The van der Waals surface area contributed by atoms with Crippen molar-refractivity contribution in [1.29, 1.82) is 0 Å². The number of anilines is 1. The standard InChI is InChI=1S/C16H19F2N3O2/c17-11-2-1-3-12(18)15(11)21-7-6-13(16(21)23)20-14(22)9-19-8-10-4-5-10/h1-3,10,13,19H,4-9H2,(H,20,22). The number of hydrogen-bond acceptors (Lipinski definition) is 3. The van der Waals surface area contributed by atoms with Crippen LogP contribution >= 0.6 is 0 Å². The fourth-order valence-electron chi connectivity index (χ4n) is 2.74. The summed E-state index contributed by atoms with van der Waals surface area (Å²) in [6.45, 7) is 1.13. The van der Waals surface area contributed by atoms with Crippen molar-refractivity contribution in [2.75, 3.05) is 24.5 Å². The molecule has 1 aromatic rings. The average molecular weight is 323 g/mol. The third-order valence-corrected chi connectivity index (χ3v) is 4.16. The average Bonchev–Trinajstić information content (AvgIpc) is 3.26. The molecule has 2 fully saturated rings. The molecule has 0 bridgehead atoms. The quantitative estimate of drug-likeness (QED) is 0.827. The zero-order valence-corrected chi connectivity index (χ0v) is 12.6. The Labute approximate surface area is 133 Å². The number of benzene rings is 1. The molecule has 2 aliphatic rings. The molecule has 1 aliphatic heterocycles. The Hall–Kier alpha value is -2.02. The summed E-state index contributed by atoms with van der Waals surface area (Å²) in [6, 6.07) is 2.74. The zero-order valence-electron chi connectivity index (χ0n) is 12.6. The van der Waals surface area contributed by atoms with Crippen LogP contribution in [0.5, 0.6) is 0 Å². The monoisotopic (exact) mass is 323 g/mol. The van der Waals surface area contributed by atoms with E-state index in [4.69, 9.17) is 0 Å². The third kappa shape index (κ3) is 3.67. The fourth-order valence-corrected chi connectivity index (χ4v) is 2.74. The number of nitrogens with one attached hydrogen (secondary N) is 2. The second kappa shape index (κ2) is 6.62. The van der Waals surface area contributed by atoms with Gasteiger partial charge in [0.25, 0.3) is 0 Å². The van der Waals surface area contributed by atoms with Crippen LogP contribution in [-0.2, 0) is 9.59 Å². The normalized spacial score (nSPS) is 20.9. The molecule has 1 atom stereocenters. The Bertz CT molecular complexity index is 599. The van der Waals surface area contributed by atoms with Crippen molar-refractivity contribution in [3.8, 4) is 0 Å². The first-order chi connectivity index (χ1) is 11.1. The summed E-state index contributed by atoms with van der Waals surface area (Å²) in [4.78, 5) is 25.2. The second-order valence-corrected chi connectivity index (χ2v) is 6.04. The van der Waals surface area contributed by atoms with Gasteiger partial charge in [-0.3, -0.25) is 9.59 Å². The van der Waals surface area contributed by atoms with Crippen molar-refractivity contribution in [1.82, 2.24) is 10.6 Å². The molecule has 1 unspecified atom stereocenters. The highest BCUT2D eigenvalue weighted by atomic mass is 19.1. The summed E-state index contributed by atoms with van der Waals surface area (Å²) in [5.74, 6) is -1.66. The van der Waals surface area contributed by atoms with Gasteiger partial charge in [0.1, 0.15) is 23.4 Å². The van der Waals surface area contributed by atoms with Crippen molar-refractivity contribution < 1.29 is 18.4 Å². The molecule has 0 aromatic heterocycles.